The highest BCUT2D eigenvalue weighted by Gasteiger charge is 2.35. The van der Waals surface area contributed by atoms with Crippen LogP contribution in [0.3, 0.4) is 0 Å². The van der Waals surface area contributed by atoms with E-state index in [9.17, 15) is 14.0 Å². The third kappa shape index (κ3) is 5.19. The zero-order valence-electron chi connectivity index (χ0n) is 21.4. The average Bonchev–Trinajstić information content (AvgIpc) is 3.57. The van der Waals surface area contributed by atoms with Crippen molar-refractivity contribution in [2.24, 2.45) is 5.41 Å². The van der Waals surface area contributed by atoms with Gasteiger partial charge in [0.1, 0.15) is 17.7 Å². The lowest BCUT2D eigenvalue weighted by Gasteiger charge is -2.30. The highest BCUT2D eigenvalue weighted by Crippen LogP contribution is 2.26. The summed E-state index contributed by atoms with van der Waals surface area (Å²) >= 11 is 0. The lowest BCUT2D eigenvalue weighted by Crippen LogP contribution is -2.53. The van der Waals surface area contributed by atoms with Crippen molar-refractivity contribution in [1.29, 1.82) is 0 Å². The molecule has 3 heterocycles. The smallest absolute Gasteiger partial charge is 0.272 e. The number of allylic oxidation sites excluding steroid dienone is 1. The molecule has 0 saturated heterocycles. The molecule has 0 fully saturated rings. The van der Waals surface area contributed by atoms with Gasteiger partial charge in [-0.05, 0) is 48.4 Å². The molecule has 0 bridgehead atoms. The SMILES string of the molecule is CC(C)(C)[C@H](NC(=O)c1nn(Cc2ccc(F)cc2)c2c1CCC=C2)C(=O)NCc1nnc2n1CCC2. The minimum Gasteiger partial charge on any atom is -0.347 e. The fraction of sp³-hybridized carbons (Fsp3) is 0.444. The van der Waals surface area contributed by atoms with Gasteiger partial charge in [-0.2, -0.15) is 5.10 Å². The van der Waals surface area contributed by atoms with Gasteiger partial charge in [-0.15, -0.1) is 10.2 Å². The molecule has 2 amide bonds. The first-order valence-electron chi connectivity index (χ1n) is 12.7. The van der Waals surface area contributed by atoms with Crippen LogP contribution in [-0.4, -0.2) is 42.4 Å². The standard InChI is InChI=1S/C27H32FN7O2/c1-27(2,3)24(26(37)29-15-22-32-31-21-9-6-14-34(21)22)30-25(36)23-19-7-4-5-8-20(19)35(33-23)16-17-10-12-18(28)13-11-17/h5,8,10-13,24H,4,6-7,9,14-16H2,1-3H3,(H,29,37)(H,30,36)/t24-/m1/s1. The van der Waals surface area contributed by atoms with Crippen molar-refractivity contribution in [3.8, 4) is 0 Å². The van der Waals surface area contributed by atoms with Gasteiger partial charge >= 0.3 is 0 Å². The van der Waals surface area contributed by atoms with Gasteiger partial charge in [-0.1, -0.05) is 39.0 Å². The minimum atomic E-state index is -0.780. The molecule has 5 rings (SSSR count). The number of hydrogen-bond acceptors (Lipinski definition) is 5. The van der Waals surface area contributed by atoms with Gasteiger partial charge in [0.25, 0.3) is 5.91 Å². The van der Waals surface area contributed by atoms with Crippen LogP contribution in [0.2, 0.25) is 0 Å². The molecule has 1 aliphatic heterocycles. The molecular weight excluding hydrogens is 473 g/mol. The summed E-state index contributed by atoms with van der Waals surface area (Å²) in [5, 5.41) is 18.9. The maximum atomic E-state index is 13.5. The lowest BCUT2D eigenvalue weighted by molar-refractivity contribution is -0.125. The highest BCUT2D eigenvalue weighted by atomic mass is 19.1. The zero-order chi connectivity index (χ0) is 26.2. The van der Waals surface area contributed by atoms with E-state index in [4.69, 9.17) is 0 Å². The van der Waals surface area contributed by atoms with Gasteiger partial charge in [0.2, 0.25) is 5.91 Å². The number of aromatic nitrogens is 5. The predicted molar refractivity (Wildman–Crippen MR) is 136 cm³/mol. The van der Waals surface area contributed by atoms with E-state index < -0.39 is 11.5 Å². The molecule has 0 saturated carbocycles. The Balaban J connectivity index is 1.34. The molecule has 3 aromatic rings. The van der Waals surface area contributed by atoms with Crippen molar-refractivity contribution < 1.29 is 14.0 Å². The van der Waals surface area contributed by atoms with E-state index in [1.165, 1.54) is 12.1 Å². The Morgan fingerprint density at radius 1 is 1.14 bits per heavy atom. The number of halogens is 1. The van der Waals surface area contributed by atoms with E-state index in [2.05, 4.69) is 32.0 Å². The largest absolute Gasteiger partial charge is 0.347 e. The van der Waals surface area contributed by atoms with Crippen molar-refractivity contribution in [3.63, 3.8) is 0 Å². The molecule has 1 aromatic carbocycles. The molecule has 194 valence electrons. The van der Waals surface area contributed by atoms with E-state index in [1.807, 2.05) is 31.4 Å². The summed E-state index contributed by atoms with van der Waals surface area (Å²) in [6.45, 7) is 7.26. The van der Waals surface area contributed by atoms with Gasteiger partial charge in [-0.25, -0.2) is 4.39 Å². The van der Waals surface area contributed by atoms with Gasteiger partial charge in [0.05, 0.1) is 18.8 Å². The Bertz CT molecular complexity index is 1350. The molecule has 2 N–H and O–H groups in total. The number of aryl methyl sites for hydroxylation is 1. The number of fused-ring (bicyclic) bond motifs is 2. The second-order valence-corrected chi connectivity index (χ2v) is 10.7. The summed E-state index contributed by atoms with van der Waals surface area (Å²) in [4.78, 5) is 26.8. The van der Waals surface area contributed by atoms with E-state index in [0.717, 1.165) is 54.3 Å². The Hall–Kier alpha value is -3.82. The summed E-state index contributed by atoms with van der Waals surface area (Å²) in [6, 6.07) is 5.46. The van der Waals surface area contributed by atoms with E-state index in [-0.39, 0.29) is 24.2 Å². The maximum Gasteiger partial charge on any atom is 0.272 e. The van der Waals surface area contributed by atoms with Crippen LogP contribution in [0.15, 0.2) is 30.3 Å². The van der Waals surface area contributed by atoms with Crippen LogP contribution in [0, 0.1) is 11.2 Å². The molecule has 1 aliphatic carbocycles. The fourth-order valence-electron chi connectivity index (χ4n) is 4.92. The number of rotatable bonds is 7. The summed E-state index contributed by atoms with van der Waals surface area (Å²) in [7, 11) is 0. The molecule has 0 spiro atoms. The average molecular weight is 506 g/mol. The number of amides is 2. The molecule has 2 aromatic heterocycles. The van der Waals surface area contributed by atoms with Crippen molar-refractivity contribution in [2.75, 3.05) is 0 Å². The molecule has 0 radical (unpaired) electrons. The molecule has 0 unspecified atom stereocenters. The third-order valence-electron chi connectivity index (χ3n) is 6.90. The molecule has 2 aliphatic rings. The van der Waals surface area contributed by atoms with Crippen LogP contribution in [0.5, 0.6) is 0 Å². The van der Waals surface area contributed by atoms with Crippen molar-refractivity contribution in [3.05, 3.63) is 70.3 Å². The highest BCUT2D eigenvalue weighted by molar-refractivity contribution is 5.98. The summed E-state index contributed by atoms with van der Waals surface area (Å²) in [6.07, 6.45) is 7.44. The summed E-state index contributed by atoms with van der Waals surface area (Å²) in [5.41, 5.74) is 2.37. The van der Waals surface area contributed by atoms with Crippen molar-refractivity contribution in [2.45, 2.75) is 72.1 Å². The number of benzene rings is 1. The van der Waals surface area contributed by atoms with E-state index >= 15 is 0 Å². The third-order valence-corrected chi connectivity index (χ3v) is 6.90. The summed E-state index contributed by atoms with van der Waals surface area (Å²) in [5.74, 6) is 0.699. The summed E-state index contributed by atoms with van der Waals surface area (Å²) < 4.78 is 17.2. The maximum absolute atomic E-state index is 13.5. The minimum absolute atomic E-state index is 0.251. The first-order valence-corrected chi connectivity index (χ1v) is 12.7. The Morgan fingerprint density at radius 2 is 1.92 bits per heavy atom. The number of carbonyl (C=O) groups excluding carboxylic acids is 2. The van der Waals surface area contributed by atoms with Crippen LogP contribution in [-0.2, 0) is 37.3 Å². The van der Waals surface area contributed by atoms with Crippen LogP contribution in [0.4, 0.5) is 4.39 Å². The molecule has 1 atom stereocenters. The molecule has 9 nitrogen and oxygen atoms in total. The van der Waals surface area contributed by atoms with E-state index in [0.29, 0.717) is 18.7 Å². The predicted octanol–water partition coefficient (Wildman–Crippen LogP) is 3.03. The van der Waals surface area contributed by atoms with Crippen LogP contribution >= 0.6 is 0 Å². The van der Waals surface area contributed by atoms with E-state index in [1.54, 1.807) is 16.8 Å². The number of carbonyl (C=O) groups is 2. The topological polar surface area (TPSA) is 107 Å². The molecule has 10 heteroatoms. The fourth-order valence-corrected chi connectivity index (χ4v) is 4.92. The monoisotopic (exact) mass is 505 g/mol. The Morgan fingerprint density at radius 3 is 2.68 bits per heavy atom. The molecule has 37 heavy (non-hydrogen) atoms. The lowest BCUT2D eigenvalue weighted by atomic mass is 9.86. The number of nitrogens with zero attached hydrogens (tertiary/aromatic N) is 5. The second kappa shape index (κ2) is 9.91. The van der Waals surface area contributed by atoms with Crippen molar-refractivity contribution >= 4 is 17.9 Å². The number of hydrogen-bond donors (Lipinski definition) is 2. The van der Waals surface area contributed by atoms with Gasteiger partial charge in [0.15, 0.2) is 11.5 Å². The quantitative estimate of drug-likeness (QED) is 0.513. The molecular formula is C27H32FN7O2. The first kappa shape index (κ1) is 24.9. The Kier molecular flexibility index (Phi) is 6.66. The van der Waals surface area contributed by atoms with Crippen LogP contribution in [0.25, 0.3) is 6.08 Å². The van der Waals surface area contributed by atoms with Crippen LogP contribution < -0.4 is 10.6 Å². The number of nitrogens with one attached hydrogen (secondary N) is 2. The first-order chi connectivity index (χ1) is 17.7. The van der Waals surface area contributed by atoms with Crippen molar-refractivity contribution in [1.82, 2.24) is 35.2 Å². The second-order valence-electron chi connectivity index (χ2n) is 10.7. The van der Waals surface area contributed by atoms with Crippen LogP contribution in [0.1, 0.15) is 72.6 Å². The normalized spacial score (nSPS) is 15.2. The van der Waals surface area contributed by atoms with Gasteiger partial charge in [-0.3, -0.25) is 14.3 Å². The Labute approximate surface area is 215 Å². The van der Waals surface area contributed by atoms with Gasteiger partial charge < -0.3 is 15.2 Å². The zero-order valence-corrected chi connectivity index (χ0v) is 21.4. The van der Waals surface area contributed by atoms with Gasteiger partial charge in [0, 0.05) is 18.5 Å².